The number of carbonyl (C=O) groups is 3. The van der Waals surface area contributed by atoms with Gasteiger partial charge in [-0.15, -0.1) is 0 Å². The standard InChI is InChI=1S/C17H20N2O4/c1-12(20)19-10-8-13-11-14(6-7-15(13)19)17(22)18-9-4-3-5-16(21)23-2/h3,5-7,11H,4,8-10H2,1-2H3,(H,18,22)/b5-3+. The number of nitrogens with zero attached hydrogens (tertiary/aromatic N) is 1. The SMILES string of the molecule is COC(=O)/C=C/CCNC(=O)c1ccc2c(c1)CCN2C(C)=O. The summed E-state index contributed by atoms with van der Waals surface area (Å²) in [7, 11) is 1.32. The lowest BCUT2D eigenvalue weighted by Gasteiger charge is -2.14. The van der Waals surface area contributed by atoms with E-state index in [9.17, 15) is 14.4 Å². The van der Waals surface area contributed by atoms with Crippen LogP contribution >= 0.6 is 0 Å². The molecule has 0 bridgehead atoms. The minimum atomic E-state index is -0.412. The number of hydrogen-bond acceptors (Lipinski definition) is 4. The molecule has 0 unspecified atom stereocenters. The number of fused-ring (bicyclic) bond motifs is 1. The third-order valence-electron chi connectivity index (χ3n) is 3.67. The van der Waals surface area contributed by atoms with Crippen molar-refractivity contribution in [3.63, 3.8) is 0 Å². The predicted octanol–water partition coefficient (Wildman–Crippen LogP) is 1.44. The molecule has 122 valence electrons. The van der Waals surface area contributed by atoms with Crippen LogP contribution in [0.2, 0.25) is 0 Å². The van der Waals surface area contributed by atoms with Crippen LogP contribution in [0.1, 0.15) is 29.3 Å². The number of methoxy groups -OCH3 is 1. The molecule has 1 aromatic rings. The van der Waals surface area contributed by atoms with Crippen molar-refractivity contribution < 1.29 is 19.1 Å². The van der Waals surface area contributed by atoms with Crippen molar-refractivity contribution in [2.75, 3.05) is 25.1 Å². The van der Waals surface area contributed by atoms with Gasteiger partial charge in [0.15, 0.2) is 0 Å². The van der Waals surface area contributed by atoms with Crippen molar-refractivity contribution in [1.82, 2.24) is 5.32 Å². The van der Waals surface area contributed by atoms with E-state index in [-0.39, 0.29) is 11.8 Å². The zero-order chi connectivity index (χ0) is 16.8. The second-order valence-corrected chi connectivity index (χ2v) is 5.23. The molecule has 0 aliphatic carbocycles. The van der Waals surface area contributed by atoms with Crippen LogP contribution < -0.4 is 10.2 Å². The van der Waals surface area contributed by atoms with E-state index in [1.165, 1.54) is 20.1 Å². The van der Waals surface area contributed by atoms with E-state index in [2.05, 4.69) is 10.1 Å². The molecule has 6 heteroatoms. The lowest BCUT2D eigenvalue weighted by atomic mass is 10.1. The topological polar surface area (TPSA) is 75.7 Å². The van der Waals surface area contributed by atoms with Gasteiger partial charge < -0.3 is 15.0 Å². The first-order valence-electron chi connectivity index (χ1n) is 7.46. The fourth-order valence-corrected chi connectivity index (χ4v) is 2.49. The van der Waals surface area contributed by atoms with Gasteiger partial charge in [0, 0.05) is 37.3 Å². The van der Waals surface area contributed by atoms with Gasteiger partial charge in [-0.05, 0) is 36.6 Å². The van der Waals surface area contributed by atoms with Gasteiger partial charge in [-0.2, -0.15) is 0 Å². The number of amides is 2. The summed E-state index contributed by atoms with van der Waals surface area (Å²) in [5.74, 6) is -0.566. The highest BCUT2D eigenvalue weighted by molar-refractivity contribution is 5.97. The van der Waals surface area contributed by atoms with Crippen LogP contribution in [-0.2, 0) is 20.7 Å². The van der Waals surface area contributed by atoms with Crippen LogP contribution in [0.3, 0.4) is 0 Å². The molecule has 1 N–H and O–H groups in total. The van der Waals surface area contributed by atoms with Crippen LogP contribution in [-0.4, -0.2) is 38.0 Å². The normalized spacial score (nSPS) is 13.0. The molecule has 0 saturated carbocycles. The van der Waals surface area contributed by atoms with Crippen molar-refractivity contribution in [3.8, 4) is 0 Å². The van der Waals surface area contributed by atoms with Crippen molar-refractivity contribution in [2.45, 2.75) is 19.8 Å². The number of rotatable bonds is 5. The van der Waals surface area contributed by atoms with E-state index >= 15 is 0 Å². The first-order valence-corrected chi connectivity index (χ1v) is 7.46. The molecule has 0 saturated heterocycles. The summed E-state index contributed by atoms with van der Waals surface area (Å²) in [4.78, 5) is 36.2. The molecule has 1 aliphatic heterocycles. The molecule has 0 fully saturated rings. The minimum absolute atomic E-state index is 0.0124. The predicted molar refractivity (Wildman–Crippen MR) is 86.3 cm³/mol. The summed E-state index contributed by atoms with van der Waals surface area (Å²) >= 11 is 0. The molecule has 0 atom stereocenters. The number of benzene rings is 1. The third-order valence-corrected chi connectivity index (χ3v) is 3.67. The molecule has 2 rings (SSSR count). The van der Waals surface area contributed by atoms with E-state index in [0.717, 1.165) is 17.7 Å². The Morgan fingerprint density at radius 1 is 1.35 bits per heavy atom. The third kappa shape index (κ3) is 4.18. The Morgan fingerprint density at radius 3 is 2.83 bits per heavy atom. The summed E-state index contributed by atoms with van der Waals surface area (Å²) in [5, 5.41) is 2.79. The Labute approximate surface area is 135 Å². The summed E-state index contributed by atoms with van der Waals surface area (Å²) < 4.78 is 4.47. The van der Waals surface area contributed by atoms with Gasteiger partial charge in [-0.1, -0.05) is 6.08 Å². The molecular formula is C17H20N2O4. The first kappa shape index (κ1) is 16.7. The monoisotopic (exact) mass is 316 g/mol. The molecule has 1 aliphatic rings. The lowest BCUT2D eigenvalue weighted by Crippen LogP contribution is -2.26. The van der Waals surface area contributed by atoms with Crippen LogP contribution in [0, 0.1) is 0 Å². The number of carbonyl (C=O) groups excluding carboxylic acids is 3. The van der Waals surface area contributed by atoms with Crippen LogP contribution in [0.25, 0.3) is 0 Å². The van der Waals surface area contributed by atoms with Crippen molar-refractivity contribution in [1.29, 1.82) is 0 Å². The largest absolute Gasteiger partial charge is 0.466 e. The molecular weight excluding hydrogens is 296 g/mol. The van der Waals surface area contributed by atoms with Gasteiger partial charge in [0.1, 0.15) is 0 Å². The zero-order valence-electron chi connectivity index (χ0n) is 13.3. The van der Waals surface area contributed by atoms with E-state index in [1.807, 2.05) is 12.1 Å². The number of ether oxygens (including phenoxy) is 1. The maximum absolute atomic E-state index is 12.1. The summed E-state index contributed by atoms with van der Waals surface area (Å²) in [6, 6.07) is 5.37. The van der Waals surface area contributed by atoms with Crippen LogP contribution in [0.5, 0.6) is 0 Å². The second kappa shape index (κ2) is 7.58. The number of nitrogens with one attached hydrogen (secondary N) is 1. The van der Waals surface area contributed by atoms with Gasteiger partial charge in [0.25, 0.3) is 5.91 Å². The minimum Gasteiger partial charge on any atom is -0.466 e. The van der Waals surface area contributed by atoms with Gasteiger partial charge in [-0.3, -0.25) is 9.59 Å². The summed E-state index contributed by atoms with van der Waals surface area (Å²) in [5.41, 5.74) is 2.47. The van der Waals surface area contributed by atoms with Crippen molar-refractivity contribution >= 4 is 23.5 Å². The van der Waals surface area contributed by atoms with Crippen molar-refractivity contribution in [3.05, 3.63) is 41.5 Å². The van der Waals surface area contributed by atoms with Crippen LogP contribution in [0.15, 0.2) is 30.4 Å². The molecule has 0 spiro atoms. The number of esters is 1. The zero-order valence-corrected chi connectivity index (χ0v) is 13.3. The van der Waals surface area contributed by atoms with E-state index in [4.69, 9.17) is 0 Å². The van der Waals surface area contributed by atoms with Gasteiger partial charge in [0.05, 0.1) is 7.11 Å². The lowest BCUT2D eigenvalue weighted by molar-refractivity contribution is -0.134. The highest BCUT2D eigenvalue weighted by Crippen LogP contribution is 2.28. The fraction of sp³-hybridized carbons (Fsp3) is 0.353. The Balaban J connectivity index is 1.90. The maximum Gasteiger partial charge on any atom is 0.330 e. The molecule has 6 nitrogen and oxygen atoms in total. The Morgan fingerprint density at radius 2 is 2.13 bits per heavy atom. The molecule has 1 heterocycles. The molecule has 2 amide bonds. The second-order valence-electron chi connectivity index (χ2n) is 5.23. The molecule has 0 radical (unpaired) electrons. The number of anilines is 1. The highest BCUT2D eigenvalue weighted by Gasteiger charge is 2.22. The van der Waals surface area contributed by atoms with Gasteiger partial charge >= 0.3 is 5.97 Å². The quantitative estimate of drug-likeness (QED) is 0.507. The Bertz CT molecular complexity index is 652. The molecule has 0 aromatic heterocycles. The Hall–Kier alpha value is -2.63. The summed E-state index contributed by atoms with van der Waals surface area (Å²) in [6.07, 6.45) is 4.29. The average molecular weight is 316 g/mol. The van der Waals surface area contributed by atoms with E-state index in [1.54, 1.807) is 17.0 Å². The van der Waals surface area contributed by atoms with Crippen molar-refractivity contribution in [2.24, 2.45) is 0 Å². The Kier molecular flexibility index (Phi) is 5.51. The van der Waals surface area contributed by atoms with Crippen LogP contribution in [0.4, 0.5) is 5.69 Å². The van der Waals surface area contributed by atoms with Gasteiger partial charge in [-0.25, -0.2) is 4.79 Å². The fourth-order valence-electron chi connectivity index (χ4n) is 2.49. The first-order chi connectivity index (χ1) is 11.0. The highest BCUT2D eigenvalue weighted by atomic mass is 16.5. The van der Waals surface area contributed by atoms with Gasteiger partial charge in [0.2, 0.25) is 5.91 Å². The summed E-state index contributed by atoms with van der Waals surface area (Å²) in [6.45, 7) is 2.63. The maximum atomic E-state index is 12.1. The van der Waals surface area contributed by atoms with E-state index < -0.39 is 5.97 Å². The van der Waals surface area contributed by atoms with E-state index in [0.29, 0.717) is 25.1 Å². The average Bonchev–Trinajstić information content (AvgIpc) is 2.97. The smallest absolute Gasteiger partial charge is 0.330 e. The molecule has 23 heavy (non-hydrogen) atoms. The number of hydrogen-bond donors (Lipinski definition) is 1. The molecule has 1 aromatic carbocycles.